The molecule has 0 saturated heterocycles. The van der Waals surface area contributed by atoms with Gasteiger partial charge in [0.1, 0.15) is 5.78 Å². The van der Waals surface area contributed by atoms with Gasteiger partial charge >= 0.3 is 0 Å². The molecule has 0 unspecified atom stereocenters. The van der Waals surface area contributed by atoms with E-state index in [4.69, 9.17) is 5.11 Å². The predicted molar refractivity (Wildman–Crippen MR) is 81.6 cm³/mol. The monoisotopic (exact) mass is 276 g/mol. The van der Waals surface area contributed by atoms with Crippen molar-refractivity contribution in [1.82, 2.24) is 0 Å². The Balaban J connectivity index is 3.11. The minimum atomic E-state index is -0.712. The molecule has 0 spiro atoms. The molecule has 110 valence electrons. The van der Waals surface area contributed by atoms with E-state index in [0.29, 0.717) is 0 Å². The van der Waals surface area contributed by atoms with Crippen LogP contribution in [0.3, 0.4) is 0 Å². The number of hydrogen-bond donors (Lipinski definition) is 2. The number of aliphatic hydroxyl groups excluding tert-OH is 2. The molecular weight excluding hydrogens is 252 g/mol. The molecule has 3 atom stereocenters. The summed E-state index contributed by atoms with van der Waals surface area (Å²) in [6.45, 7) is 7.15. The lowest BCUT2D eigenvalue weighted by molar-refractivity contribution is -0.123. The molecule has 3 heteroatoms. The molecule has 0 amide bonds. The third-order valence-electron chi connectivity index (χ3n) is 3.80. The normalized spacial score (nSPS) is 16.1. The van der Waals surface area contributed by atoms with Gasteiger partial charge in [-0.3, -0.25) is 4.79 Å². The van der Waals surface area contributed by atoms with E-state index in [0.717, 1.165) is 16.7 Å². The fourth-order valence-corrected chi connectivity index (χ4v) is 2.29. The van der Waals surface area contributed by atoms with Gasteiger partial charge in [-0.05, 0) is 25.0 Å². The molecule has 2 N–H and O–H groups in total. The second-order valence-electron chi connectivity index (χ2n) is 5.40. The van der Waals surface area contributed by atoms with Crippen LogP contribution in [0.4, 0.5) is 0 Å². The maximum absolute atomic E-state index is 11.4. The van der Waals surface area contributed by atoms with Crippen molar-refractivity contribution in [2.75, 3.05) is 6.61 Å². The first-order chi connectivity index (χ1) is 9.38. The standard InChI is InChI=1S/C17H24O3/c1-11-7-8-16(15(10-11)6-5-9-18)13(3)17(20)12(2)14(4)19/h5-8,10,12-13,17-18,20H,9H2,1-4H3/b6-5+/t12-,13+,17-/m0/s1. The molecule has 1 aromatic rings. The van der Waals surface area contributed by atoms with Crippen molar-refractivity contribution in [3.63, 3.8) is 0 Å². The molecule has 0 bridgehead atoms. The zero-order chi connectivity index (χ0) is 15.3. The zero-order valence-electron chi connectivity index (χ0n) is 12.6. The Morgan fingerprint density at radius 3 is 2.55 bits per heavy atom. The summed E-state index contributed by atoms with van der Waals surface area (Å²) in [6, 6.07) is 5.99. The first-order valence-corrected chi connectivity index (χ1v) is 6.95. The van der Waals surface area contributed by atoms with Crippen LogP contribution < -0.4 is 0 Å². The van der Waals surface area contributed by atoms with Crippen LogP contribution in [0.25, 0.3) is 6.08 Å². The average molecular weight is 276 g/mol. The summed E-state index contributed by atoms with van der Waals surface area (Å²) in [5.41, 5.74) is 3.08. The molecule has 0 heterocycles. The number of ketones is 1. The van der Waals surface area contributed by atoms with Gasteiger partial charge in [-0.25, -0.2) is 0 Å². The first-order valence-electron chi connectivity index (χ1n) is 6.95. The Morgan fingerprint density at radius 1 is 1.35 bits per heavy atom. The van der Waals surface area contributed by atoms with Crippen molar-refractivity contribution < 1.29 is 15.0 Å². The number of rotatable bonds is 6. The molecule has 20 heavy (non-hydrogen) atoms. The van der Waals surface area contributed by atoms with Gasteiger partial charge in [0, 0.05) is 11.8 Å². The molecule has 0 radical (unpaired) electrons. The largest absolute Gasteiger partial charge is 0.392 e. The van der Waals surface area contributed by atoms with E-state index in [1.165, 1.54) is 6.92 Å². The average Bonchev–Trinajstić information content (AvgIpc) is 2.42. The van der Waals surface area contributed by atoms with Crippen molar-refractivity contribution in [3.8, 4) is 0 Å². The van der Waals surface area contributed by atoms with Crippen molar-refractivity contribution in [3.05, 3.63) is 41.0 Å². The van der Waals surface area contributed by atoms with Crippen LogP contribution in [0, 0.1) is 12.8 Å². The molecule has 0 aliphatic heterocycles. The van der Waals surface area contributed by atoms with Gasteiger partial charge in [-0.15, -0.1) is 0 Å². The third kappa shape index (κ3) is 4.02. The Bertz CT molecular complexity index is 491. The number of Topliss-reactive ketones (excluding diaryl/α,β-unsaturated/α-hetero) is 1. The maximum Gasteiger partial charge on any atom is 0.135 e. The van der Waals surface area contributed by atoms with Gasteiger partial charge in [0.15, 0.2) is 0 Å². The minimum absolute atomic E-state index is 0.0103. The lowest BCUT2D eigenvalue weighted by atomic mass is 9.83. The van der Waals surface area contributed by atoms with E-state index < -0.39 is 6.10 Å². The minimum Gasteiger partial charge on any atom is -0.392 e. The number of benzene rings is 1. The van der Waals surface area contributed by atoms with E-state index >= 15 is 0 Å². The Hall–Kier alpha value is -1.45. The van der Waals surface area contributed by atoms with E-state index in [1.54, 1.807) is 13.0 Å². The molecule has 0 fully saturated rings. The molecule has 1 aromatic carbocycles. The highest BCUT2D eigenvalue weighted by Gasteiger charge is 2.26. The Kier molecular flexibility index (Phi) is 6.11. The third-order valence-corrected chi connectivity index (χ3v) is 3.80. The molecule has 0 aromatic heterocycles. The highest BCUT2D eigenvalue weighted by atomic mass is 16.3. The molecule has 0 aliphatic rings. The second-order valence-corrected chi connectivity index (χ2v) is 5.40. The van der Waals surface area contributed by atoms with Crippen molar-refractivity contribution in [2.45, 2.75) is 39.7 Å². The van der Waals surface area contributed by atoms with Gasteiger partial charge in [-0.2, -0.15) is 0 Å². The van der Waals surface area contributed by atoms with Gasteiger partial charge in [0.25, 0.3) is 0 Å². The van der Waals surface area contributed by atoms with Crippen LogP contribution in [0.2, 0.25) is 0 Å². The second kappa shape index (κ2) is 7.36. The topological polar surface area (TPSA) is 57.5 Å². The summed E-state index contributed by atoms with van der Waals surface area (Å²) in [6.07, 6.45) is 2.81. The molecule has 0 aliphatic carbocycles. The fraction of sp³-hybridized carbons (Fsp3) is 0.471. The van der Waals surface area contributed by atoms with Crippen LogP contribution >= 0.6 is 0 Å². The quantitative estimate of drug-likeness (QED) is 0.840. The number of hydrogen-bond acceptors (Lipinski definition) is 3. The SMILES string of the molecule is CC(=O)[C@H](C)[C@H](O)[C@H](C)c1ccc(C)cc1/C=C/CO. The summed E-state index contributed by atoms with van der Waals surface area (Å²) in [5, 5.41) is 19.3. The first kappa shape index (κ1) is 16.6. The Morgan fingerprint density at radius 2 is 2.00 bits per heavy atom. The fourth-order valence-electron chi connectivity index (χ4n) is 2.29. The lowest BCUT2D eigenvalue weighted by Crippen LogP contribution is -2.29. The summed E-state index contributed by atoms with van der Waals surface area (Å²) < 4.78 is 0. The van der Waals surface area contributed by atoms with Crippen LogP contribution in [0.1, 0.15) is 43.4 Å². The van der Waals surface area contributed by atoms with Gasteiger partial charge < -0.3 is 10.2 Å². The number of aliphatic hydroxyl groups is 2. The maximum atomic E-state index is 11.4. The van der Waals surface area contributed by atoms with E-state index in [9.17, 15) is 9.90 Å². The zero-order valence-corrected chi connectivity index (χ0v) is 12.6. The summed E-state index contributed by atoms with van der Waals surface area (Å²) >= 11 is 0. The summed E-state index contributed by atoms with van der Waals surface area (Å²) in [5.74, 6) is -0.544. The van der Waals surface area contributed by atoms with Crippen LogP contribution in [0.15, 0.2) is 24.3 Å². The molecule has 1 rings (SSSR count). The van der Waals surface area contributed by atoms with Crippen LogP contribution in [-0.2, 0) is 4.79 Å². The molecule has 3 nitrogen and oxygen atoms in total. The van der Waals surface area contributed by atoms with Crippen molar-refractivity contribution >= 4 is 11.9 Å². The van der Waals surface area contributed by atoms with Crippen LogP contribution in [0.5, 0.6) is 0 Å². The smallest absolute Gasteiger partial charge is 0.135 e. The van der Waals surface area contributed by atoms with Gasteiger partial charge in [0.2, 0.25) is 0 Å². The van der Waals surface area contributed by atoms with Crippen molar-refractivity contribution in [1.29, 1.82) is 0 Å². The summed E-state index contributed by atoms with van der Waals surface area (Å²) in [7, 11) is 0. The molecular formula is C17H24O3. The van der Waals surface area contributed by atoms with E-state index in [1.807, 2.05) is 38.1 Å². The number of aryl methyl sites for hydroxylation is 1. The van der Waals surface area contributed by atoms with Crippen molar-refractivity contribution in [2.24, 2.45) is 5.92 Å². The predicted octanol–water partition coefficient (Wildman–Crippen LogP) is 2.69. The van der Waals surface area contributed by atoms with Gasteiger partial charge in [-0.1, -0.05) is 49.8 Å². The number of carbonyl (C=O) groups is 1. The van der Waals surface area contributed by atoms with Gasteiger partial charge in [0.05, 0.1) is 12.7 Å². The molecule has 0 saturated carbocycles. The lowest BCUT2D eigenvalue weighted by Gasteiger charge is -2.25. The highest BCUT2D eigenvalue weighted by Crippen LogP contribution is 2.28. The Labute approximate surface area is 121 Å². The van der Waals surface area contributed by atoms with E-state index in [-0.39, 0.29) is 24.2 Å². The highest BCUT2D eigenvalue weighted by molar-refractivity contribution is 5.78. The number of carbonyl (C=O) groups excluding carboxylic acids is 1. The van der Waals surface area contributed by atoms with Crippen LogP contribution in [-0.4, -0.2) is 28.7 Å². The van der Waals surface area contributed by atoms with E-state index in [2.05, 4.69) is 0 Å². The summed E-state index contributed by atoms with van der Waals surface area (Å²) in [4.78, 5) is 11.4.